The second kappa shape index (κ2) is 8.32. The van der Waals surface area contributed by atoms with E-state index in [4.69, 9.17) is 11.5 Å². The molecule has 0 radical (unpaired) electrons. The van der Waals surface area contributed by atoms with E-state index in [1.165, 1.54) is 22.3 Å². The van der Waals surface area contributed by atoms with Crippen LogP contribution < -0.4 is 11.5 Å². The van der Waals surface area contributed by atoms with E-state index in [2.05, 4.69) is 98.1 Å². The van der Waals surface area contributed by atoms with Gasteiger partial charge >= 0.3 is 0 Å². The van der Waals surface area contributed by atoms with Crippen LogP contribution in [0.4, 0.5) is 0 Å². The fraction of sp³-hybridized carbons (Fsp3) is 0.0968. The molecule has 2 heteroatoms. The third-order valence-electron chi connectivity index (χ3n) is 6.91. The standard InChI is InChI=1S/C31H28N2/c1-3-29(32)23-15-7-11-19-27(23)31(28-20-12-8-16-24(28)30(33)4-2)25-17-9-5-13-21(25)22-14-6-10-18-26(22)31/h3-20,29-30H,1-2,32-33H2. The van der Waals surface area contributed by atoms with Crippen molar-refractivity contribution in [3.8, 4) is 11.1 Å². The molecule has 4 N–H and O–H groups in total. The van der Waals surface area contributed by atoms with Gasteiger partial charge in [0, 0.05) is 12.1 Å². The molecule has 0 spiro atoms. The lowest BCUT2D eigenvalue weighted by molar-refractivity contribution is 0.717. The van der Waals surface area contributed by atoms with Crippen LogP contribution in [0.5, 0.6) is 0 Å². The maximum atomic E-state index is 6.60. The van der Waals surface area contributed by atoms with Crippen molar-refractivity contribution in [1.29, 1.82) is 0 Å². The van der Waals surface area contributed by atoms with Crippen molar-refractivity contribution in [3.05, 3.63) is 156 Å². The molecule has 1 aliphatic rings. The summed E-state index contributed by atoms with van der Waals surface area (Å²) in [4.78, 5) is 0. The van der Waals surface area contributed by atoms with Crippen molar-refractivity contribution in [2.24, 2.45) is 11.5 Å². The molecule has 0 aliphatic heterocycles. The van der Waals surface area contributed by atoms with Gasteiger partial charge in [-0.15, -0.1) is 13.2 Å². The van der Waals surface area contributed by atoms with Crippen molar-refractivity contribution in [3.63, 3.8) is 0 Å². The van der Waals surface area contributed by atoms with Crippen LogP contribution in [0, 0.1) is 0 Å². The normalized spacial score (nSPS) is 15.2. The Morgan fingerprint density at radius 3 is 1.24 bits per heavy atom. The topological polar surface area (TPSA) is 52.0 Å². The molecule has 4 aromatic carbocycles. The third-order valence-corrected chi connectivity index (χ3v) is 6.91. The molecule has 2 unspecified atom stereocenters. The van der Waals surface area contributed by atoms with Gasteiger partial charge in [-0.2, -0.15) is 0 Å². The summed E-state index contributed by atoms with van der Waals surface area (Å²) in [6.45, 7) is 7.98. The molecule has 5 rings (SSSR count). The molecule has 33 heavy (non-hydrogen) atoms. The molecule has 0 saturated heterocycles. The fourth-order valence-electron chi connectivity index (χ4n) is 5.47. The summed E-state index contributed by atoms with van der Waals surface area (Å²) in [6, 6.07) is 33.7. The quantitative estimate of drug-likeness (QED) is 0.307. The van der Waals surface area contributed by atoms with Crippen LogP contribution in [0.3, 0.4) is 0 Å². The Morgan fingerprint density at radius 1 is 0.515 bits per heavy atom. The highest BCUT2D eigenvalue weighted by molar-refractivity contribution is 5.87. The minimum absolute atomic E-state index is 0.293. The zero-order chi connectivity index (χ0) is 23.0. The summed E-state index contributed by atoms with van der Waals surface area (Å²) in [5, 5.41) is 0. The molecule has 0 bridgehead atoms. The molecule has 2 atom stereocenters. The zero-order valence-corrected chi connectivity index (χ0v) is 18.6. The van der Waals surface area contributed by atoms with Crippen LogP contribution >= 0.6 is 0 Å². The van der Waals surface area contributed by atoms with Crippen molar-refractivity contribution in [1.82, 2.24) is 0 Å². The van der Waals surface area contributed by atoms with Crippen molar-refractivity contribution < 1.29 is 0 Å². The number of nitrogens with two attached hydrogens (primary N) is 2. The van der Waals surface area contributed by atoms with Gasteiger partial charge in [0.05, 0.1) is 5.41 Å². The molecular formula is C31H28N2. The van der Waals surface area contributed by atoms with Gasteiger partial charge in [0.25, 0.3) is 0 Å². The average molecular weight is 429 g/mol. The number of rotatable bonds is 6. The van der Waals surface area contributed by atoms with Crippen LogP contribution in [0.25, 0.3) is 11.1 Å². The summed E-state index contributed by atoms with van der Waals surface area (Å²) >= 11 is 0. The average Bonchev–Trinajstić information content (AvgIpc) is 3.19. The Balaban J connectivity index is 2.01. The van der Waals surface area contributed by atoms with E-state index in [9.17, 15) is 0 Å². The number of fused-ring (bicyclic) bond motifs is 3. The highest BCUT2D eigenvalue weighted by Gasteiger charge is 2.48. The van der Waals surface area contributed by atoms with Crippen LogP contribution in [-0.2, 0) is 5.41 Å². The minimum atomic E-state index is -0.568. The van der Waals surface area contributed by atoms with Gasteiger partial charge in [0.2, 0.25) is 0 Å². The Hall–Kier alpha value is -3.72. The first-order chi connectivity index (χ1) is 16.1. The van der Waals surface area contributed by atoms with E-state index in [0.29, 0.717) is 0 Å². The smallest absolute Gasteiger partial charge is 0.0720 e. The molecule has 0 amide bonds. The molecular weight excluding hydrogens is 400 g/mol. The van der Waals surface area contributed by atoms with Gasteiger partial charge in [-0.05, 0) is 44.5 Å². The fourth-order valence-corrected chi connectivity index (χ4v) is 5.47. The SMILES string of the molecule is C=CC(N)c1ccccc1C1(c2ccccc2C(N)C=C)c2ccccc2-c2ccccc21. The van der Waals surface area contributed by atoms with Gasteiger partial charge in [-0.3, -0.25) is 0 Å². The van der Waals surface area contributed by atoms with Crippen molar-refractivity contribution >= 4 is 0 Å². The first kappa shape index (κ1) is 21.1. The molecule has 0 saturated carbocycles. The van der Waals surface area contributed by atoms with E-state index >= 15 is 0 Å². The third kappa shape index (κ3) is 3.03. The summed E-state index contributed by atoms with van der Waals surface area (Å²) in [5.74, 6) is 0. The Labute approximate surface area is 195 Å². The minimum Gasteiger partial charge on any atom is -0.321 e. The van der Waals surface area contributed by atoms with Gasteiger partial charge in [0.1, 0.15) is 0 Å². The summed E-state index contributed by atoms with van der Waals surface area (Å²) in [6.07, 6.45) is 3.61. The maximum absolute atomic E-state index is 6.60. The first-order valence-electron chi connectivity index (χ1n) is 11.3. The van der Waals surface area contributed by atoms with Crippen LogP contribution in [0.1, 0.15) is 45.5 Å². The summed E-state index contributed by atoms with van der Waals surface area (Å²) < 4.78 is 0. The Kier molecular flexibility index (Phi) is 5.33. The number of hydrogen-bond donors (Lipinski definition) is 2. The summed E-state index contributed by atoms with van der Waals surface area (Å²) in [5.41, 5.74) is 22.0. The number of benzene rings is 4. The second-order valence-corrected chi connectivity index (χ2v) is 8.54. The Morgan fingerprint density at radius 2 is 0.848 bits per heavy atom. The van der Waals surface area contributed by atoms with Crippen molar-refractivity contribution in [2.45, 2.75) is 17.5 Å². The number of hydrogen-bond acceptors (Lipinski definition) is 2. The highest BCUT2D eigenvalue weighted by Crippen LogP contribution is 2.58. The lowest BCUT2D eigenvalue weighted by Gasteiger charge is -2.38. The van der Waals surface area contributed by atoms with Crippen LogP contribution in [-0.4, -0.2) is 0 Å². The Bertz CT molecular complexity index is 1250. The lowest BCUT2D eigenvalue weighted by Crippen LogP contribution is -2.33. The molecule has 0 aromatic heterocycles. The molecule has 0 fully saturated rings. The van der Waals surface area contributed by atoms with Crippen LogP contribution in [0.2, 0.25) is 0 Å². The molecule has 162 valence electrons. The van der Waals surface area contributed by atoms with E-state index in [-0.39, 0.29) is 12.1 Å². The largest absolute Gasteiger partial charge is 0.321 e. The lowest BCUT2D eigenvalue weighted by atomic mass is 9.64. The predicted molar refractivity (Wildman–Crippen MR) is 138 cm³/mol. The van der Waals surface area contributed by atoms with Gasteiger partial charge in [0.15, 0.2) is 0 Å². The molecule has 1 aliphatic carbocycles. The summed E-state index contributed by atoms with van der Waals surface area (Å²) in [7, 11) is 0. The molecule has 4 aromatic rings. The molecule has 0 heterocycles. The predicted octanol–water partition coefficient (Wildman–Crippen LogP) is 6.42. The second-order valence-electron chi connectivity index (χ2n) is 8.54. The van der Waals surface area contributed by atoms with E-state index < -0.39 is 5.41 Å². The zero-order valence-electron chi connectivity index (χ0n) is 18.6. The van der Waals surface area contributed by atoms with E-state index in [1.54, 1.807) is 12.2 Å². The maximum Gasteiger partial charge on any atom is 0.0720 e. The van der Waals surface area contributed by atoms with Gasteiger partial charge < -0.3 is 11.5 Å². The monoisotopic (exact) mass is 428 g/mol. The first-order valence-corrected chi connectivity index (χ1v) is 11.3. The van der Waals surface area contributed by atoms with E-state index in [1.807, 2.05) is 12.1 Å². The van der Waals surface area contributed by atoms with Crippen molar-refractivity contribution in [2.75, 3.05) is 0 Å². The highest BCUT2D eigenvalue weighted by atomic mass is 14.6. The van der Waals surface area contributed by atoms with Gasteiger partial charge in [-0.1, -0.05) is 109 Å². The van der Waals surface area contributed by atoms with Gasteiger partial charge in [-0.25, -0.2) is 0 Å². The molecule has 2 nitrogen and oxygen atoms in total. The van der Waals surface area contributed by atoms with Crippen LogP contribution in [0.15, 0.2) is 122 Å². The van der Waals surface area contributed by atoms with E-state index in [0.717, 1.165) is 22.3 Å².